The number of nitrogens with zero attached hydrogens (tertiary/aromatic N) is 2. The van der Waals surface area contributed by atoms with Crippen LogP contribution in [0.1, 0.15) is 17.4 Å². The molecule has 0 atom stereocenters. The second kappa shape index (κ2) is 8.36. The summed E-state index contributed by atoms with van der Waals surface area (Å²) in [6, 6.07) is 8.75. The van der Waals surface area contributed by atoms with Crippen molar-refractivity contribution in [3.8, 4) is 0 Å². The van der Waals surface area contributed by atoms with E-state index in [4.69, 9.17) is 0 Å². The zero-order valence-corrected chi connectivity index (χ0v) is 15.8. The second-order valence-electron chi connectivity index (χ2n) is 5.33. The molecule has 2 aromatic rings. The fraction of sp³-hybridized carbons (Fsp3) is 0.312. The van der Waals surface area contributed by atoms with E-state index in [-0.39, 0.29) is 23.8 Å². The van der Waals surface area contributed by atoms with Gasteiger partial charge in [0, 0.05) is 17.5 Å². The Bertz CT molecular complexity index is 748. The number of benzene rings is 1. The minimum absolute atomic E-state index is 0.0893. The summed E-state index contributed by atoms with van der Waals surface area (Å²) in [4.78, 5) is 26.0. The first kappa shape index (κ1) is 18.6. The van der Waals surface area contributed by atoms with Gasteiger partial charge in [0.25, 0.3) is 5.69 Å². The molecule has 1 amide bonds. The summed E-state index contributed by atoms with van der Waals surface area (Å²) >= 11 is 5.05. The van der Waals surface area contributed by atoms with Crippen LogP contribution in [0.2, 0.25) is 0 Å². The number of hydrogen-bond acceptors (Lipinski definition) is 5. The maximum atomic E-state index is 12.3. The van der Waals surface area contributed by atoms with Crippen LogP contribution >= 0.6 is 27.3 Å². The van der Waals surface area contributed by atoms with Crippen molar-refractivity contribution < 1.29 is 9.72 Å². The van der Waals surface area contributed by atoms with Crippen LogP contribution in [-0.2, 0) is 11.3 Å². The molecule has 8 heteroatoms. The Morgan fingerprint density at radius 1 is 1.38 bits per heavy atom. The van der Waals surface area contributed by atoms with Crippen molar-refractivity contribution in [2.45, 2.75) is 20.4 Å². The van der Waals surface area contributed by atoms with Crippen LogP contribution in [0.3, 0.4) is 0 Å². The predicted octanol–water partition coefficient (Wildman–Crippen LogP) is 4.19. The number of nitrogens with one attached hydrogen (secondary N) is 1. The molecule has 128 valence electrons. The van der Waals surface area contributed by atoms with Crippen LogP contribution in [0.15, 0.2) is 34.1 Å². The number of rotatable bonds is 7. The number of amides is 1. The van der Waals surface area contributed by atoms with E-state index in [0.29, 0.717) is 13.1 Å². The molecule has 0 saturated carbocycles. The van der Waals surface area contributed by atoms with Crippen molar-refractivity contribution in [1.82, 2.24) is 4.90 Å². The molecule has 0 aliphatic heterocycles. The van der Waals surface area contributed by atoms with Crippen molar-refractivity contribution in [3.63, 3.8) is 0 Å². The van der Waals surface area contributed by atoms with E-state index in [1.54, 1.807) is 30.4 Å². The summed E-state index contributed by atoms with van der Waals surface area (Å²) in [7, 11) is 0. The average molecular weight is 412 g/mol. The topological polar surface area (TPSA) is 75.5 Å². The molecule has 1 N–H and O–H groups in total. The third-order valence-corrected chi connectivity index (χ3v) is 5.06. The number of halogens is 1. The molecule has 2 rings (SSSR count). The average Bonchev–Trinajstić information content (AvgIpc) is 2.93. The van der Waals surface area contributed by atoms with Crippen LogP contribution in [0.4, 0.5) is 11.4 Å². The first-order chi connectivity index (χ1) is 11.4. The predicted molar refractivity (Wildman–Crippen MR) is 99.4 cm³/mol. The van der Waals surface area contributed by atoms with Crippen molar-refractivity contribution >= 4 is 44.5 Å². The number of thiophene rings is 1. The number of nitro benzene ring substituents is 1. The molecule has 1 aromatic carbocycles. The Morgan fingerprint density at radius 2 is 2.12 bits per heavy atom. The van der Waals surface area contributed by atoms with Crippen LogP contribution in [0.25, 0.3) is 0 Å². The number of likely N-dealkylation sites (N-methyl/N-ethyl adjacent to an activating group) is 1. The Hall–Kier alpha value is -1.77. The summed E-state index contributed by atoms with van der Waals surface area (Å²) in [5, 5.41) is 13.8. The van der Waals surface area contributed by atoms with E-state index in [2.05, 4.69) is 21.2 Å². The first-order valence-electron chi connectivity index (χ1n) is 7.40. The van der Waals surface area contributed by atoms with E-state index in [9.17, 15) is 14.9 Å². The van der Waals surface area contributed by atoms with E-state index in [1.807, 2.05) is 24.0 Å². The molecule has 0 fully saturated rings. The van der Waals surface area contributed by atoms with Gasteiger partial charge in [-0.15, -0.1) is 11.3 Å². The van der Waals surface area contributed by atoms with E-state index < -0.39 is 4.92 Å². The van der Waals surface area contributed by atoms with Gasteiger partial charge in [-0.05, 0) is 53.2 Å². The molecule has 0 aliphatic rings. The van der Waals surface area contributed by atoms with E-state index >= 15 is 0 Å². The van der Waals surface area contributed by atoms with Gasteiger partial charge >= 0.3 is 0 Å². The highest BCUT2D eigenvalue weighted by Gasteiger charge is 2.17. The van der Waals surface area contributed by atoms with E-state index in [0.717, 1.165) is 14.2 Å². The lowest BCUT2D eigenvalue weighted by molar-refractivity contribution is -0.384. The van der Waals surface area contributed by atoms with Crippen LogP contribution < -0.4 is 5.32 Å². The van der Waals surface area contributed by atoms with Crippen molar-refractivity contribution in [1.29, 1.82) is 0 Å². The molecular weight excluding hydrogens is 394 g/mol. The molecule has 1 aromatic heterocycles. The van der Waals surface area contributed by atoms with E-state index in [1.165, 1.54) is 6.07 Å². The number of nitro groups is 1. The zero-order valence-electron chi connectivity index (χ0n) is 13.4. The highest BCUT2D eigenvalue weighted by Crippen LogP contribution is 2.26. The second-order valence-corrected chi connectivity index (χ2v) is 7.88. The number of carbonyl (C=O) groups excluding carboxylic acids is 1. The third kappa shape index (κ3) is 5.12. The number of anilines is 1. The minimum Gasteiger partial charge on any atom is -0.319 e. The lowest BCUT2D eigenvalue weighted by Crippen LogP contribution is -2.32. The third-order valence-electron chi connectivity index (χ3n) is 3.45. The van der Waals surface area contributed by atoms with Gasteiger partial charge in [0.05, 0.1) is 15.3 Å². The highest BCUT2D eigenvalue weighted by molar-refractivity contribution is 9.11. The van der Waals surface area contributed by atoms with Crippen molar-refractivity contribution in [2.24, 2.45) is 0 Å². The SMILES string of the molecule is CCN(CC(=O)Nc1ccc(C)cc1[N+](=O)[O-])Cc1ccc(Br)s1. The number of carbonyl (C=O) groups is 1. The Morgan fingerprint density at radius 3 is 2.71 bits per heavy atom. The quantitative estimate of drug-likeness (QED) is 0.547. The largest absolute Gasteiger partial charge is 0.319 e. The fourth-order valence-corrected chi connectivity index (χ4v) is 3.75. The summed E-state index contributed by atoms with van der Waals surface area (Å²) in [6.45, 7) is 5.30. The monoisotopic (exact) mass is 411 g/mol. The lowest BCUT2D eigenvalue weighted by Gasteiger charge is -2.19. The van der Waals surface area contributed by atoms with Crippen LogP contribution in [0, 0.1) is 17.0 Å². The lowest BCUT2D eigenvalue weighted by atomic mass is 10.2. The van der Waals surface area contributed by atoms with Gasteiger partial charge in [-0.1, -0.05) is 13.0 Å². The van der Waals surface area contributed by atoms with Gasteiger partial charge < -0.3 is 5.32 Å². The molecule has 0 unspecified atom stereocenters. The molecule has 1 heterocycles. The fourth-order valence-electron chi connectivity index (χ4n) is 2.23. The number of aryl methyl sites for hydroxylation is 1. The minimum atomic E-state index is -0.483. The maximum Gasteiger partial charge on any atom is 0.293 e. The summed E-state index contributed by atoms with van der Waals surface area (Å²) in [5.41, 5.74) is 0.914. The first-order valence-corrected chi connectivity index (χ1v) is 9.01. The molecule has 0 radical (unpaired) electrons. The standard InChI is InChI=1S/C16H18BrN3O3S/c1-3-19(9-12-5-7-15(17)24-12)10-16(21)18-13-6-4-11(2)8-14(13)20(22)23/h4-8H,3,9-10H2,1-2H3,(H,18,21). The maximum absolute atomic E-state index is 12.3. The van der Waals surface area contributed by atoms with Gasteiger partial charge in [-0.2, -0.15) is 0 Å². The van der Waals surface area contributed by atoms with Crippen molar-refractivity contribution in [3.05, 3.63) is 54.7 Å². The molecule has 0 bridgehead atoms. The Kier molecular flexibility index (Phi) is 6.47. The molecule has 24 heavy (non-hydrogen) atoms. The summed E-state index contributed by atoms with van der Waals surface area (Å²) < 4.78 is 1.05. The Balaban J connectivity index is 2.02. The Labute approximate surface area is 152 Å². The van der Waals surface area contributed by atoms with Gasteiger partial charge in [0.1, 0.15) is 5.69 Å². The van der Waals surface area contributed by atoms with Gasteiger partial charge in [0.2, 0.25) is 5.91 Å². The highest BCUT2D eigenvalue weighted by atomic mass is 79.9. The molecule has 6 nitrogen and oxygen atoms in total. The van der Waals surface area contributed by atoms with Gasteiger partial charge in [-0.3, -0.25) is 19.8 Å². The summed E-state index contributed by atoms with van der Waals surface area (Å²) in [6.07, 6.45) is 0. The van der Waals surface area contributed by atoms with Crippen molar-refractivity contribution in [2.75, 3.05) is 18.4 Å². The van der Waals surface area contributed by atoms with Gasteiger partial charge in [0.15, 0.2) is 0 Å². The van der Waals surface area contributed by atoms with Crippen LogP contribution in [0.5, 0.6) is 0 Å². The zero-order chi connectivity index (χ0) is 17.7. The molecule has 0 spiro atoms. The van der Waals surface area contributed by atoms with Crippen LogP contribution in [-0.4, -0.2) is 28.8 Å². The number of hydrogen-bond donors (Lipinski definition) is 1. The summed E-state index contributed by atoms with van der Waals surface area (Å²) in [5.74, 6) is -0.264. The van der Waals surface area contributed by atoms with Gasteiger partial charge in [-0.25, -0.2) is 0 Å². The molecular formula is C16H18BrN3O3S. The molecule has 0 aliphatic carbocycles. The molecule has 0 saturated heterocycles. The smallest absolute Gasteiger partial charge is 0.293 e. The normalized spacial score (nSPS) is 10.8.